The Morgan fingerprint density at radius 2 is 1.68 bits per heavy atom. The Bertz CT molecular complexity index is 658. The van der Waals surface area contributed by atoms with Gasteiger partial charge < -0.3 is 5.32 Å². The number of rotatable bonds is 3. The first-order valence-corrected chi connectivity index (χ1v) is 7.71. The largest absolute Gasteiger partial charge is 0.335 e. The molecule has 0 aromatic heterocycles. The summed E-state index contributed by atoms with van der Waals surface area (Å²) in [7, 11) is 0. The summed E-state index contributed by atoms with van der Waals surface area (Å²) < 4.78 is 0. The van der Waals surface area contributed by atoms with E-state index in [1.54, 1.807) is 18.2 Å². The van der Waals surface area contributed by atoms with E-state index in [1.807, 2.05) is 18.2 Å². The zero-order valence-electron chi connectivity index (χ0n) is 11.6. The minimum absolute atomic E-state index is 0.146. The van der Waals surface area contributed by atoms with Crippen LogP contribution in [0, 0.1) is 0 Å². The quantitative estimate of drug-likeness (QED) is 0.806. The molecule has 1 saturated heterocycles. The van der Waals surface area contributed by atoms with Crippen molar-refractivity contribution in [1.82, 2.24) is 16.2 Å². The van der Waals surface area contributed by atoms with Crippen LogP contribution in [0.3, 0.4) is 0 Å². The summed E-state index contributed by atoms with van der Waals surface area (Å²) in [5.41, 5.74) is 7.73. The molecule has 0 bridgehead atoms. The lowest BCUT2D eigenvalue weighted by Crippen LogP contribution is -2.44. The maximum Gasteiger partial charge on any atom is 0.255 e. The zero-order valence-corrected chi connectivity index (χ0v) is 13.2. The molecule has 1 aliphatic heterocycles. The third-order valence-electron chi connectivity index (χ3n) is 3.60. The van der Waals surface area contributed by atoms with Gasteiger partial charge in [0, 0.05) is 12.5 Å². The highest BCUT2D eigenvalue weighted by Gasteiger charge is 2.27. The summed E-state index contributed by atoms with van der Waals surface area (Å²) in [4.78, 5) is 12.3. The summed E-state index contributed by atoms with van der Waals surface area (Å²) >= 11 is 12.1. The van der Waals surface area contributed by atoms with Crippen molar-refractivity contribution in [3.8, 4) is 0 Å². The number of hydrogen-bond acceptors (Lipinski definition) is 3. The third kappa shape index (κ3) is 3.25. The van der Waals surface area contributed by atoms with Crippen molar-refractivity contribution in [3.05, 3.63) is 69.7 Å². The van der Waals surface area contributed by atoms with Crippen molar-refractivity contribution in [1.29, 1.82) is 0 Å². The van der Waals surface area contributed by atoms with Crippen LogP contribution in [0.15, 0.2) is 48.5 Å². The fourth-order valence-electron chi connectivity index (χ4n) is 2.50. The second-order valence-electron chi connectivity index (χ2n) is 5.11. The van der Waals surface area contributed by atoms with Crippen LogP contribution in [0.25, 0.3) is 0 Å². The number of carbonyl (C=O) groups is 1. The van der Waals surface area contributed by atoms with Gasteiger partial charge in [-0.3, -0.25) is 4.79 Å². The SMILES string of the molecule is O=C(NC1CC(c2ccccc2)NN1)c1c(Cl)cccc1Cl. The second-order valence-corrected chi connectivity index (χ2v) is 5.92. The van der Waals surface area contributed by atoms with Gasteiger partial charge in [0.15, 0.2) is 0 Å². The Morgan fingerprint density at radius 3 is 2.36 bits per heavy atom. The lowest BCUT2D eigenvalue weighted by Gasteiger charge is -2.13. The van der Waals surface area contributed by atoms with Crippen molar-refractivity contribution in [2.75, 3.05) is 0 Å². The van der Waals surface area contributed by atoms with Crippen LogP contribution in [0.2, 0.25) is 10.0 Å². The summed E-state index contributed by atoms with van der Waals surface area (Å²) in [6, 6.07) is 15.2. The number of carbonyl (C=O) groups excluding carboxylic acids is 1. The summed E-state index contributed by atoms with van der Waals surface area (Å²) in [6.45, 7) is 0. The number of nitrogens with one attached hydrogen (secondary N) is 3. The molecule has 2 aromatic rings. The van der Waals surface area contributed by atoms with E-state index in [0.717, 1.165) is 6.42 Å². The van der Waals surface area contributed by atoms with E-state index in [4.69, 9.17) is 23.2 Å². The number of halogens is 2. The van der Waals surface area contributed by atoms with Gasteiger partial charge >= 0.3 is 0 Å². The van der Waals surface area contributed by atoms with Gasteiger partial charge in [-0.2, -0.15) is 0 Å². The predicted octanol–water partition coefficient (Wildman–Crippen LogP) is 3.29. The minimum Gasteiger partial charge on any atom is -0.335 e. The highest BCUT2D eigenvalue weighted by atomic mass is 35.5. The summed E-state index contributed by atoms with van der Waals surface area (Å²) in [5.74, 6) is -0.288. The van der Waals surface area contributed by atoms with Crippen LogP contribution in [-0.4, -0.2) is 12.1 Å². The maximum atomic E-state index is 12.3. The molecule has 3 N–H and O–H groups in total. The molecule has 1 amide bonds. The monoisotopic (exact) mass is 335 g/mol. The molecule has 2 atom stereocenters. The van der Waals surface area contributed by atoms with Gasteiger partial charge in [0.05, 0.1) is 21.8 Å². The van der Waals surface area contributed by atoms with Crippen LogP contribution in [0.1, 0.15) is 28.4 Å². The number of hydrogen-bond donors (Lipinski definition) is 3. The van der Waals surface area contributed by atoms with E-state index in [1.165, 1.54) is 5.56 Å². The molecule has 0 aliphatic carbocycles. The van der Waals surface area contributed by atoms with E-state index in [2.05, 4.69) is 28.3 Å². The fraction of sp³-hybridized carbons (Fsp3) is 0.188. The highest BCUT2D eigenvalue weighted by molar-refractivity contribution is 6.39. The van der Waals surface area contributed by atoms with E-state index in [9.17, 15) is 4.79 Å². The average Bonchev–Trinajstić information content (AvgIpc) is 2.96. The molecule has 1 fully saturated rings. The molecule has 22 heavy (non-hydrogen) atoms. The van der Waals surface area contributed by atoms with Crippen LogP contribution < -0.4 is 16.2 Å². The van der Waals surface area contributed by atoms with E-state index < -0.39 is 0 Å². The van der Waals surface area contributed by atoms with Crippen LogP contribution in [-0.2, 0) is 0 Å². The molecular weight excluding hydrogens is 321 g/mol. The van der Waals surface area contributed by atoms with E-state index in [-0.39, 0.29) is 18.1 Å². The molecule has 2 unspecified atom stereocenters. The first-order valence-electron chi connectivity index (χ1n) is 6.96. The topological polar surface area (TPSA) is 53.2 Å². The molecule has 3 rings (SSSR count). The van der Waals surface area contributed by atoms with Gasteiger partial charge in [0.1, 0.15) is 0 Å². The van der Waals surface area contributed by atoms with Crippen LogP contribution in [0.4, 0.5) is 0 Å². The number of hydrazine groups is 1. The van der Waals surface area contributed by atoms with Gasteiger partial charge in [-0.05, 0) is 17.7 Å². The molecule has 6 heteroatoms. The van der Waals surface area contributed by atoms with Crippen molar-refractivity contribution in [2.45, 2.75) is 18.6 Å². The van der Waals surface area contributed by atoms with E-state index >= 15 is 0 Å². The first-order chi connectivity index (χ1) is 10.6. The smallest absolute Gasteiger partial charge is 0.255 e. The Hall–Kier alpha value is -1.59. The predicted molar refractivity (Wildman–Crippen MR) is 87.8 cm³/mol. The molecular formula is C16H15Cl2N3O. The van der Waals surface area contributed by atoms with Gasteiger partial charge in [-0.15, -0.1) is 0 Å². The van der Waals surface area contributed by atoms with Gasteiger partial charge in [0.2, 0.25) is 0 Å². The maximum absolute atomic E-state index is 12.3. The lowest BCUT2D eigenvalue weighted by atomic mass is 10.0. The standard InChI is InChI=1S/C16H15Cl2N3O/c17-11-7-4-8-12(18)15(11)16(22)19-14-9-13(20-21-14)10-5-2-1-3-6-10/h1-8,13-14,20-21H,9H2,(H,19,22). The van der Waals surface area contributed by atoms with E-state index in [0.29, 0.717) is 15.6 Å². The Morgan fingerprint density at radius 1 is 1.00 bits per heavy atom. The van der Waals surface area contributed by atoms with Crippen molar-refractivity contribution in [2.24, 2.45) is 0 Å². The van der Waals surface area contributed by atoms with Gasteiger partial charge in [0.25, 0.3) is 5.91 Å². The molecule has 1 heterocycles. The summed E-state index contributed by atoms with van der Waals surface area (Å²) in [5, 5.41) is 3.58. The normalized spacial score (nSPS) is 20.8. The second kappa shape index (κ2) is 6.67. The molecule has 0 spiro atoms. The Kier molecular flexibility index (Phi) is 4.64. The Balaban J connectivity index is 1.66. The highest BCUT2D eigenvalue weighted by Crippen LogP contribution is 2.25. The Labute approximate surface area is 138 Å². The van der Waals surface area contributed by atoms with Crippen molar-refractivity contribution < 1.29 is 4.79 Å². The lowest BCUT2D eigenvalue weighted by molar-refractivity contribution is 0.0932. The number of benzene rings is 2. The molecule has 1 aliphatic rings. The van der Waals surface area contributed by atoms with Crippen LogP contribution >= 0.6 is 23.2 Å². The van der Waals surface area contributed by atoms with Crippen molar-refractivity contribution >= 4 is 29.1 Å². The van der Waals surface area contributed by atoms with Crippen LogP contribution in [0.5, 0.6) is 0 Å². The molecule has 2 aromatic carbocycles. The fourth-order valence-corrected chi connectivity index (χ4v) is 3.07. The zero-order chi connectivity index (χ0) is 15.5. The first kappa shape index (κ1) is 15.3. The molecule has 0 radical (unpaired) electrons. The third-order valence-corrected chi connectivity index (χ3v) is 4.23. The molecule has 4 nitrogen and oxygen atoms in total. The van der Waals surface area contributed by atoms with Gasteiger partial charge in [-0.1, -0.05) is 59.6 Å². The minimum atomic E-state index is -0.288. The number of amides is 1. The van der Waals surface area contributed by atoms with Crippen molar-refractivity contribution in [3.63, 3.8) is 0 Å². The molecule has 114 valence electrons. The molecule has 0 saturated carbocycles. The average molecular weight is 336 g/mol. The summed E-state index contributed by atoms with van der Waals surface area (Å²) in [6.07, 6.45) is 0.544. The van der Waals surface area contributed by atoms with Gasteiger partial charge in [-0.25, -0.2) is 10.9 Å².